The first-order valence-electron chi connectivity index (χ1n) is 5.90. The number of rotatable bonds is 2. The molecule has 21 heavy (non-hydrogen) atoms. The first-order chi connectivity index (χ1) is 9.71. The summed E-state index contributed by atoms with van der Waals surface area (Å²) in [7, 11) is 3.65. The van der Waals surface area contributed by atoms with Crippen molar-refractivity contribution < 1.29 is 13.2 Å². The number of halogens is 5. The molecule has 1 aromatic heterocycles. The fraction of sp³-hybridized carbons (Fsp3) is 0.214. The van der Waals surface area contributed by atoms with Gasteiger partial charge in [-0.25, -0.2) is 0 Å². The van der Waals surface area contributed by atoms with Crippen LogP contribution in [0.25, 0.3) is 11.3 Å². The SMILES string of the molecule is CN(C)c1ccnc(-c2ccc(Cl)c(C(F)(F)F)c2Cl)c1. The Kier molecular flexibility index (Phi) is 4.35. The lowest BCUT2D eigenvalue weighted by molar-refractivity contribution is -0.137. The Morgan fingerprint density at radius 1 is 1.10 bits per heavy atom. The van der Waals surface area contributed by atoms with E-state index in [9.17, 15) is 13.2 Å². The molecule has 1 aromatic carbocycles. The third-order valence-electron chi connectivity index (χ3n) is 2.91. The van der Waals surface area contributed by atoms with Gasteiger partial charge in [-0.2, -0.15) is 13.2 Å². The lowest BCUT2D eigenvalue weighted by atomic mass is 10.1. The van der Waals surface area contributed by atoms with Crippen molar-refractivity contribution >= 4 is 28.9 Å². The first-order valence-corrected chi connectivity index (χ1v) is 6.66. The third-order valence-corrected chi connectivity index (χ3v) is 3.62. The Hall–Kier alpha value is -1.46. The summed E-state index contributed by atoms with van der Waals surface area (Å²) in [6.45, 7) is 0. The van der Waals surface area contributed by atoms with Gasteiger partial charge in [0.05, 0.1) is 21.3 Å². The predicted octanol–water partition coefficient (Wildman–Crippen LogP) is 5.14. The molecule has 0 amide bonds. The highest BCUT2D eigenvalue weighted by atomic mass is 35.5. The third kappa shape index (κ3) is 3.24. The summed E-state index contributed by atoms with van der Waals surface area (Å²) in [6, 6.07) is 6.02. The summed E-state index contributed by atoms with van der Waals surface area (Å²) in [6.07, 6.45) is -3.10. The molecule has 0 bridgehead atoms. The van der Waals surface area contributed by atoms with E-state index in [4.69, 9.17) is 23.2 Å². The van der Waals surface area contributed by atoms with Crippen LogP contribution < -0.4 is 4.90 Å². The fourth-order valence-electron chi connectivity index (χ4n) is 1.86. The monoisotopic (exact) mass is 334 g/mol. The summed E-state index contributed by atoms with van der Waals surface area (Å²) >= 11 is 11.5. The van der Waals surface area contributed by atoms with Gasteiger partial charge in [-0.05, 0) is 24.3 Å². The van der Waals surface area contributed by atoms with E-state index < -0.39 is 21.8 Å². The number of aromatic nitrogens is 1. The van der Waals surface area contributed by atoms with E-state index in [0.29, 0.717) is 5.69 Å². The van der Waals surface area contributed by atoms with Gasteiger partial charge in [-0.15, -0.1) is 0 Å². The number of alkyl halides is 3. The van der Waals surface area contributed by atoms with E-state index in [1.165, 1.54) is 18.3 Å². The van der Waals surface area contributed by atoms with Crippen LogP contribution in [0.15, 0.2) is 30.5 Å². The number of nitrogens with zero attached hydrogens (tertiary/aromatic N) is 2. The van der Waals surface area contributed by atoms with Crippen LogP contribution in [0.2, 0.25) is 10.0 Å². The average molecular weight is 335 g/mol. The maximum atomic E-state index is 13.0. The molecule has 0 unspecified atom stereocenters. The van der Waals surface area contributed by atoms with Crippen LogP contribution in [0.4, 0.5) is 18.9 Å². The molecule has 112 valence electrons. The van der Waals surface area contributed by atoms with E-state index in [1.54, 1.807) is 12.1 Å². The zero-order valence-electron chi connectivity index (χ0n) is 11.2. The number of anilines is 1. The van der Waals surface area contributed by atoms with Crippen molar-refractivity contribution in [1.82, 2.24) is 4.98 Å². The summed E-state index contributed by atoms with van der Waals surface area (Å²) in [5.41, 5.74) is 0.311. The summed E-state index contributed by atoms with van der Waals surface area (Å²) in [5, 5.41) is -0.876. The Morgan fingerprint density at radius 3 is 2.33 bits per heavy atom. The van der Waals surface area contributed by atoms with Gasteiger partial charge in [0.1, 0.15) is 0 Å². The highest BCUT2D eigenvalue weighted by molar-refractivity contribution is 6.37. The van der Waals surface area contributed by atoms with Gasteiger partial charge in [-0.1, -0.05) is 23.2 Å². The summed E-state index contributed by atoms with van der Waals surface area (Å²) in [4.78, 5) is 5.90. The molecule has 2 nitrogen and oxygen atoms in total. The van der Waals surface area contributed by atoms with E-state index in [1.807, 2.05) is 19.0 Å². The molecular formula is C14H11Cl2F3N2. The average Bonchev–Trinajstić information content (AvgIpc) is 2.37. The minimum atomic E-state index is -4.62. The molecule has 2 aromatic rings. The molecule has 0 aliphatic heterocycles. The molecule has 1 heterocycles. The van der Waals surface area contributed by atoms with Gasteiger partial charge in [0, 0.05) is 31.5 Å². The van der Waals surface area contributed by atoms with Crippen LogP contribution in [-0.2, 0) is 6.18 Å². The molecular weight excluding hydrogens is 324 g/mol. The Balaban J connectivity index is 2.63. The van der Waals surface area contributed by atoms with Crippen LogP contribution in [0.5, 0.6) is 0 Å². The zero-order valence-corrected chi connectivity index (χ0v) is 12.7. The molecule has 0 fully saturated rings. The Bertz CT molecular complexity index is 670. The highest BCUT2D eigenvalue weighted by Crippen LogP contribution is 2.43. The van der Waals surface area contributed by atoms with Crippen LogP contribution in [0.3, 0.4) is 0 Å². The highest BCUT2D eigenvalue weighted by Gasteiger charge is 2.37. The van der Waals surface area contributed by atoms with Crippen molar-refractivity contribution in [2.75, 3.05) is 19.0 Å². The molecule has 7 heteroatoms. The molecule has 0 atom stereocenters. The zero-order chi connectivity index (χ0) is 15.8. The van der Waals surface area contributed by atoms with E-state index in [2.05, 4.69) is 4.98 Å². The van der Waals surface area contributed by atoms with Crippen molar-refractivity contribution in [3.63, 3.8) is 0 Å². The van der Waals surface area contributed by atoms with Crippen molar-refractivity contribution in [2.24, 2.45) is 0 Å². The van der Waals surface area contributed by atoms with E-state index in [0.717, 1.165) is 5.69 Å². The van der Waals surface area contributed by atoms with Crippen molar-refractivity contribution in [3.8, 4) is 11.3 Å². The minimum absolute atomic E-state index is 0.192. The molecule has 0 N–H and O–H groups in total. The van der Waals surface area contributed by atoms with Crippen LogP contribution in [0, 0.1) is 0 Å². The van der Waals surface area contributed by atoms with Crippen LogP contribution in [-0.4, -0.2) is 19.1 Å². The van der Waals surface area contributed by atoms with E-state index in [-0.39, 0.29) is 5.56 Å². The topological polar surface area (TPSA) is 16.1 Å². The Morgan fingerprint density at radius 2 is 1.76 bits per heavy atom. The number of benzene rings is 1. The first kappa shape index (κ1) is 15.9. The summed E-state index contributed by atoms with van der Waals surface area (Å²) in [5.74, 6) is 0. The second-order valence-electron chi connectivity index (χ2n) is 4.58. The lowest BCUT2D eigenvalue weighted by Gasteiger charge is -2.16. The standard InChI is InChI=1S/C14H11Cl2F3N2/c1-21(2)8-5-6-20-11(7-8)9-3-4-10(15)12(13(9)16)14(17,18)19/h3-7H,1-2H3. The van der Waals surface area contributed by atoms with Gasteiger partial charge in [0.2, 0.25) is 0 Å². The molecule has 0 aliphatic carbocycles. The molecule has 0 aliphatic rings. The number of pyridine rings is 1. The van der Waals surface area contributed by atoms with Crippen LogP contribution in [0.1, 0.15) is 5.56 Å². The molecule has 0 saturated carbocycles. The molecule has 0 spiro atoms. The lowest BCUT2D eigenvalue weighted by Crippen LogP contribution is -2.09. The maximum Gasteiger partial charge on any atom is 0.419 e. The quantitative estimate of drug-likeness (QED) is 0.755. The molecule has 0 radical (unpaired) electrons. The van der Waals surface area contributed by atoms with Crippen molar-refractivity contribution in [2.45, 2.75) is 6.18 Å². The van der Waals surface area contributed by atoms with Gasteiger partial charge in [-0.3, -0.25) is 4.98 Å². The predicted molar refractivity (Wildman–Crippen MR) is 79.0 cm³/mol. The van der Waals surface area contributed by atoms with E-state index >= 15 is 0 Å². The van der Waals surface area contributed by atoms with Crippen molar-refractivity contribution in [3.05, 3.63) is 46.1 Å². The maximum absolute atomic E-state index is 13.0. The largest absolute Gasteiger partial charge is 0.419 e. The molecule has 0 saturated heterocycles. The number of hydrogen-bond acceptors (Lipinski definition) is 2. The second kappa shape index (κ2) is 5.73. The van der Waals surface area contributed by atoms with Gasteiger partial charge in [0.25, 0.3) is 0 Å². The normalized spacial score (nSPS) is 11.6. The minimum Gasteiger partial charge on any atom is -0.378 e. The van der Waals surface area contributed by atoms with Crippen LogP contribution >= 0.6 is 23.2 Å². The Labute approximate surface area is 130 Å². The second-order valence-corrected chi connectivity index (χ2v) is 5.36. The smallest absolute Gasteiger partial charge is 0.378 e. The molecule has 2 rings (SSSR count). The van der Waals surface area contributed by atoms with Gasteiger partial charge in [0.15, 0.2) is 0 Å². The van der Waals surface area contributed by atoms with Gasteiger partial charge < -0.3 is 4.90 Å². The summed E-state index contributed by atoms with van der Waals surface area (Å²) < 4.78 is 39.0. The number of hydrogen-bond donors (Lipinski definition) is 0. The van der Waals surface area contributed by atoms with Crippen molar-refractivity contribution in [1.29, 1.82) is 0 Å². The fourth-order valence-corrected chi connectivity index (χ4v) is 2.54. The van der Waals surface area contributed by atoms with Gasteiger partial charge >= 0.3 is 6.18 Å².